The fourth-order valence-corrected chi connectivity index (χ4v) is 2.07. The maximum Gasteiger partial charge on any atom is 0.231 e. The van der Waals surface area contributed by atoms with Crippen LogP contribution in [-0.2, 0) is 0 Å². The Morgan fingerprint density at radius 3 is 2.67 bits per heavy atom. The molecule has 0 aliphatic carbocycles. The predicted octanol–water partition coefficient (Wildman–Crippen LogP) is 3.34. The first-order valence-corrected chi connectivity index (χ1v) is 6.83. The highest BCUT2D eigenvalue weighted by Crippen LogP contribution is 2.23. The zero-order chi connectivity index (χ0) is 13.0. The summed E-state index contributed by atoms with van der Waals surface area (Å²) in [5.74, 6) is 1.41. The Kier molecular flexibility index (Phi) is 4.49. The molecule has 0 bridgehead atoms. The number of aromatic nitrogens is 2. The molecule has 0 amide bonds. The molecular weight excluding hydrogens is 294 g/mol. The number of nitrogens with zero attached hydrogens (tertiary/aromatic N) is 2. The van der Waals surface area contributed by atoms with Crippen molar-refractivity contribution in [3.8, 4) is 11.4 Å². The van der Waals surface area contributed by atoms with E-state index in [-0.39, 0.29) is 5.92 Å². The summed E-state index contributed by atoms with van der Waals surface area (Å²) in [5.41, 5.74) is 6.67. The highest BCUT2D eigenvalue weighted by atomic mass is 79.9. The highest BCUT2D eigenvalue weighted by molar-refractivity contribution is 9.10. The average molecular weight is 310 g/mol. The fourth-order valence-electron chi connectivity index (χ4n) is 1.81. The van der Waals surface area contributed by atoms with Crippen LogP contribution >= 0.6 is 15.9 Å². The average Bonchev–Trinajstić information content (AvgIpc) is 2.86. The van der Waals surface area contributed by atoms with Crippen LogP contribution in [0.1, 0.15) is 31.6 Å². The van der Waals surface area contributed by atoms with Gasteiger partial charge in [0.25, 0.3) is 0 Å². The van der Waals surface area contributed by atoms with E-state index in [1.165, 1.54) is 0 Å². The molecule has 1 aromatic carbocycles. The Bertz CT molecular complexity index is 495. The lowest BCUT2D eigenvalue weighted by atomic mass is 10.0. The predicted molar refractivity (Wildman–Crippen MR) is 74.1 cm³/mol. The number of hydrogen-bond acceptors (Lipinski definition) is 4. The van der Waals surface area contributed by atoms with Gasteiger partial charge in [-0.15, -0.1) is 0 Å². The first kappa shape index (κ1) is 13.2. The summed E-state index contributed by atoms with van der Waals surface area (Å²) in [6.07, 6.45) is 2.02. The fraction of sp³-hybridized carbons (Fsp3) is 0.385. The number of hydrogen-bond donors (Lipinski definition) is 1. The summed E-state index contributed by atoms with van der Waals surface area (Å²) < 4.78 is 6.33. The molecular formula is C13H16BrN3O. The van der Waals surface area contributed by atoms with E-state index in [1.54, 1.807) is 0 Å². The number of halogens is 1. The van der Waals surface area contributed by atoms with Gasteiger partial charge >= 0.3 is 0 Å². The molecule has 4 nitrogen and oxygen atoms in total. The van der Waals surface area contributed by atoms with E-state index < -0.39 is 0 Å². The highest BCUT2D eigenvalue weighted by Gasteiger charge is 2.17. The van der Waals surface area contributed by atoms with Crippen LogP contribution in [0.2, 0.25) is 0 Å². The molecule has 96 valence electrons. The topological polar surface area (TPSA) is 64.9 Å². The summed E-state index contributed by atoms with van der Waals surface area (Å²) in [5, 5.41) is 4.01. The first-order valence-electron chi connectivity index (χ1n) is 6.04. The van der Waals surface area contributed by atoms with E-state index in [0.29, 0.717) is 18.3 Å². The molecule has 1 aromatic heterocycles. The number of rotatable bonds is 5. The minimum Gasteiger partial charge on any atom is -0.339 e. The molecule has 2 N–H and O–H groups in total. The third-order valence-corrected chi connectivity index (χ3v) is 3.34. The largest absolute Gasteiger partial charge is 0.339 e. The van der Waals surface area contributed by atoms with Gasteiger partial charge in [0, 0.05) is 16.6 Å². The molecule has 0 aliphatic rings. The Hall–Kier alpha value is -1.20. The Morgan fingerprint density at radius 1 is 1.33 bits per heavy atom. The van der Waals surface area contributed by atoms with Crippen LogP contribution in [0.3, 0.4) is 0 Å². The van der Waals surface area contributed by atoms with Crippen molar-refractivity contribution in [2.75, 3.05) is 6.54 Å². The van der Waals surface area contributed by atoms with E-state index in [4.69, 9.17) is 10.3 Å². The number of benzene rings is 1. The standard InChI is InChI=1S/C13H16BrN3O/c1-2-3-10(8-15)13-16-12(17-18-13)9-4-6-11(14)7-5-9/h4-7,10H,2-3,8,15H2,1H3. The molecule has 1 atom stereocenters. The van der Waals surface area contributed by atoms with Gasteiger partial charge in [0.2, 0.25) is 11.7 Å². The van der Waals surface area contributed by atoms with E-state index in [1.807, 2.05) is 24.3 Å². The molecule has 1 unspecified atom stereocenters. The molecule has 2 rings (SSSR count). The van der Waals surface area contributed by atoms with E-state index in [9.17, 15) is 0 Å². The van der Waals surface area contributed by atoms with Gasteiger partial charge in [-0.25, -0.2) is 0 Å². The molecule has 0 saturated heterocycles. The second kappa shape index (κ2) is 6.11. The van der Waals surface area contributed by atoms with Gasteiger partial charge in [-0.05, 0) is 30.7 Å². The van der Waals surface area contributed by atoms with Crippen LogP contribution in [0.4, 0.5) is 0 Å². The first-order chi connectivity index (χ1) is 8.74. The van der Waals surface area contributed by atoms with Crippen molar-refractivity contribution >= 4 is 15.9 Å². The van der Waals surface area contributed by atoms with Crippen molar-refractivity contribution in [3.05, 3.63) is 34.6 Å². The van der Waals surface area contributed by atoms with Crippen molar-refractivity contribution in [2.24, 2.45) is 5.73 Å². The lowest BCUT2D eigenvalue weighted by Gasteiger charge is -2.06. The zero-order valence-electron chi connectivity index (χ0n) is 10.3. The SMILES string of the molecule is CCCC(CN)c1nc(-c2ccc(Br)cc2)no1. The Balaban J connectivity index is 2.21. The van der Waals surface area contributed by atoms with Gasteiger partial charge in [-0.2, -0.15) is 4.98 Å². The van der Waals surface area contributed by atoms with Gasteiger partial charge in [-0.1, -0.05) is 34.4 Å². The van der Waals surface area contributed by atoms with Crippen LogP contribution in [-0.4, -0.2) is 16.7 Å². The minimum absolute atomic E-state index is 0.159. The van der Waals surface area contributed by atoms with Crippen LogP contribution in [0.25, 0.3) is 11.4 Å². The van der Waals surface area contributed by atoms with E-state index >= 15 is 0 Å². The molecule has 5 heteroatoms. The quantitative estimate of drug-likeness (QED) is 0.920. The number of nitrogens with two attached hydrogens (primary N) is 1. The molecule has 0 fully saturated rings. The van der Waals surface area contributed by atoms with Crippen molar-refractivity contribution < 1.29 is 4.52 Å². The zero-order valence-corrected chi connectivity index (χ0v) is 11.9. The maximum absolute atomic E-state index is 5.72. The smallest absolute Gasteiger partial charge is 0.231 e. The van der Waals surface area contributed by atoms with Crippen LogP contribution < -0.4 is 5.73 Å². The molecule has 0 aliphatic heterocycles. The van der Waals surface area contributed by atoms with E-state index in [2.05, 4.69) is 33.0 Å². The molecule has 0 spiro atoms. The van der Waals surface area contributed by atoms with Gasteiger partial charge in [0.05, 0.1) is 5.92 Å². The summed E-state index contributed by atoms with van der Waals surface area (Å²) >= 11 is 3.40. The second-order valence-electron chi connectivity index (χ2n) is 4.18. The summed E-state index contributed by atoms with van der Waals surface area (Å²) in [6.45, 7) is 2.66. The summed E-state index contributed by atoms with van der Waals surface area (Å²) in [6, 6.07) is 7.82. The maximum atomic E-state index is 5.72. The van der Waals surface area contributed by atoms with Gasteiger partial charge in [0.15, 0.2) is 0 Å². The third-order valence-electron chi connectivity index (χ3n) is 2.82. The van der Waals surface area contributed by atoms with Crippen molar-refractivity contribution in [2.45, 2.75) is 25.7 Å². The second-order valence-corrected chi connectivity index (χ2v) is 5.10. The third kappa shape index (κ3) is 2.97. The molecule has 18 heavy (non-hydrogen) atoms. The van der Waals surface area contributed by atoms with Gasteiger partial charge in [-0.3, -0.25) is 0 Å². The lowest BCUT2D eigenvalue weighted by molar-refractivity contribution is 0.347. The molecule has 0 saturated carbocycles. The normalized spacial score (nSPS) is 12.6. The lowest BCUT2D eigenvalue weighted by Crippen LogP contribution is -2.12. The van der Waals surface area contributed by atoms with Gasteiger partial charge in [0.1, 0.15) is 0 Å². The van der Waals surface area contributed by atoms with Crippen LogP contribution in [0.5, 0.6) is 0 Å². The Labute approximate surface area is 115 Å². The molecule has 2 aromatic rings. The minimum atomic E-state index is 0.159. The van der Waals surface area contributed by atoms with Gasteiger partial charge < -0.3 is 10.3 Å². The van der Waals surface area contributed by atoms with Crippen LogP contribution in [0.15, 0.2) is 33.3 Å². The molecule has 0 radical (unpaired) electrons. The monoisotopic (exact) mass is 309 g/mol. The van der Waals surface area contributed by atoms with E-state index in [0.717, 1.165) is 22.9 Å². The summed E-state index contributed by atoms with van der Waals surface area (Å²) in [4.78, 5) is 4.43. The van der Waals surface area contributed by atoms with Crippen molar-refractivity contribution in [1.82, 2.24) is 10.1 Å². The Morgan fingerprint density at radius 2 is 2.06 bits per heavy atom. The van der Waals surface area contributed by atoms with Crippen molar-refractivity contribution in [3.63, 3.8) is 0 Å². The molecule has 1 heterocycles. The van der Waals surface area contributed by atoms with Crippen LogP contribution in [0, 0.1) is 0 Å². The van der Waals surface area contributed by atoms with Crippen molar-refractivity contribution in [1.29, 1.82) is 0 Å². The summed E-state index contributed by atoms with van der Waals surface area (Å²) in [7, 11) is 0.